The van der Waals surface area contributed by atoms with E-state index in [4.69, 9.17) is 16.3 Å². The van der Waals surface area contributed by atoms with Crippen molar-refractivity contribution in [3.8, 4) is 0 Å². The van der Waals surface area contributed by atoms with Gasteiger partial charge in [-0.25, -0.2) is 4.98 Å². The van der Waals surface area contributed by atoms with Crippen LogP contribution in [0.1, 0.15) is 17.0 Å². The van der Waals surface area contributed by atoms with E-state index in [0.29, 0.717) is 24.8 Å². The standard InChI is InChI=1S/C15H16ClN3O2/c1-21-9-13-17-14(7-15(20)18-13)19-6-5-11-10(8-19)3-2-4-12(11)16/h2-4,7H,5-6,8-9H2,1H3,(H,17,18,20). The number of aromatic amines is 1. The van der Waals surface area contributed by atoms with Gasteiger partial charge in [0.15, 0.2) is 0 Å². The Kier molecular flexibility index (Phi) is 3.94. The molecule has 3 rings (SSSR count). The molecule has 110 valence electrons. The molecule has 0 saturated carbocycles. The maximum absolute atomic E-state index is 11.7. The van der Waals surface area contributed by atoms with Gasteiger partial charge in [0.1, 0.15) is 18.2 Å². The quantitative estimate of drug-likeness (QED) is 0.944. The van der Waals surface area contributed by atoms with E-state index in [1.165, 1.54) is 17.2 Å². The summed E-state index contributed by atoms with van der Waals surface area (Å²) < 4.78 is 5.03. The van der Waals surface area contributed by atoms with Gasteiger partial charge in [-0.1, -0.05) is 23.7 Å². The van der Waals surface area contributed by atoms with Crippen molar-refractivity contribution in [2.45, 2.75) is 19.6 Å². The maximum atomic E-state index is 11.7. The smallest absolute Gasteiger partial charge is 0.253 e. The zero-order valence-corrected chi connectivity index (χ0v) is 12.5. The average Bonchev–Trinajstić information content (AvgIpc) is 2.47. The highest BCUT2D eigenvalue weighted by atomic mass is 35.5. The SMILES string of the molecule is COCc1nc(N2CCc3c(Cl)cccc3C2)cc(=O)[nH]1. The molecule has 0 atom stereocenters. The number of hydrogen-bond donors (Lipinski definition) is 1. The van der Waals surface area contributed by atoms with Crippen LogP contribution in [0.3, 0.4) is 0 Å². The molecule has 0 unspecified atom stereocenters. The van der Waals surface area contributed by atoms with Gasteiger partial charge >= 0.3 is 0 Å². The van der Waals surface area contributed by atoms with E-state index in [2.05, 4.69) is 20.9 Å². The number of benzene rings is 1. The number of aromatic nitrogens is 2. The Morgan fingerprint density at radius 2 is 2.33 bits per heavy atom. The summed E-state index contributed by atoms with van der Waals surface area (Å²) in [5, 5.41) is 0.811. The van der Waals surface area contributed by atoms with Crippen molar-refractivity contribution in [2.75, 3.05) is 18.6 Å². The molecule has 6 heteroatoms. The van der Waals surface area contributed by atoms with Crippen molar-refractivity contribution < 1.29 is 4.74 Å². The maximum Gasteiger partial charge on any atom is 0.253 e. The molecular weight excluding hydrogens is 290 g/mol. The number of methoxy groups -OCH3 is 1. The Morgan fingerprint density at radius 1 is 1.48 bits per heavy atom. The van der Waals surface area contributed by atoms with Crippen LogP contribution in [-0.2, 0) is 24.3 Å². The summed E-state index contributed by atoms with van der Waals surface area (Å²) in [7, 11) is 1.58. The van der Waals surface area contributed by atoms with Gasteiger partial charge in [-0.2, -0.15) is 0 Å². The van der Waals surface area contributed by atoms with Crippen molar-refractivity contribution in [3.05, 3.63) is 56.6 Å². The second-order valence-corrected chi connectivity index (χ2v) is 5.44. The first kappa shape index (κ1) is 14.1. The van der Waals surface area contributed by atoms with Crippen LogP contribution in [0.15, 0.2) is 29.1 Å². The number of nitrogens with zero attached hydrogens (tertiary/aromatic N) is 2. The Hall–Kier alpha value is -1.85. The van der Waals surface area contributed by atoms with E-state index in [1.807, 2.05) is 12.1 Å². The molecular formula is C15H16ClN3O2. The summed E-state index contributed by atoms with van der Waals surface area (Å²) in [4.78, 5) is 21.0. The molecule has 1 aliphatic heterocycles. The minimum absolute atomic E-state index is 0.163. The van der Waals surface area contributed by atoms with Crippen molar-refractivity contribution in [1.82, 2.24) is 9.97 Å². The fourth-order valence-electron chi connectivity index (χ4n) is 2.62. The Morgan fingerprint density at radius 3 is 3.14 bits per heavy atom. The van der Waals surface area contributed by atoms with E-state index in [0.717, 1.165) is 18.0 Å². The minimum Gasteiger partial charge on any atom is -0.377 e. The molecule has 1 N–H and O–H groups in total. The number of fused-ring (bicyclic) bond motifs is 1. The number of nitrogens with one attached hydrogen (secondary N) is 1. The summed E-state index contributed by atoms with van der Waals surface area (Å²) in [5.41, 5.74) is 2.21. The molecule has 0 bridgehead atoms. The molecule has 1 aliphatic rings. The summed E-state index contributed by atoms with van der Waals surface area (Å²) in [5.74, 6) is 1.22. The van der Waals surface area contributed by atoms with Crippen LogP contribution in [0.5, 0.6) is 0 Å². The van der Waals surface area contributed by atoms with Crippen LogP contribution in [0, 0.1) is 0 Å². The third-order valence-electron chi connectivity index (χ3n) is 3.59. The number of H-pyrrole nitrogens is 1. The molecule has 2 aromatic rings. The first-order valence-corrected chi connectivity index (χ1v) is 7.15. The largest absolute Gasteiger partial charge is 0.377 e. The molecule has 0 aliphatic carbocycles. The number of hydrogen-bond acceptors (Lipinski definition) is 4. The van der Waals surface area contributed by atoms with E-state index in [1.54, 1.807) is 7.11 Å². The molecule has 0 radical (unpaired) electrons. The molecule has 1 aromatic heterocycles. The zero-order valence-electron chi connectivity index (χ0n) is 11.7. The molecule has 0 spiro atoms. The van der Waals surface area contributed by atoms with E-state index >= 15 is 0 Å². The highest BCUT2D eigenvalue weighted by Crippen LogP contribution is 2.27. The second kappa shape index (κ2) is 5.87. The zero-order chi connectivity index (χ0) is 14.8. The monoisotopic (exact) mass is 305 g/mol. The predicted molar refractivity (Wildman–Crippen MR) is 81.8 cm³/mol. The van der Waals surface area contributed by atoms with Crippen LogP contribution >= 0.6 is 11.6 Å². The normalized spacial score (nSPS) is 14.1. The summed E-state index contributed by atoms with van der Waals surface area (Å²) in [6.07, 6.45) is 0.850. The fraction of sp³-hybridized carbons (Fsp3) is 0.333. The van der Waals surface area contributed by atoms with Crippen molar-refractivity contribution in [2.24, 2.45) is 0 Å². The summed E-state index contributed by atoms with van der Waals surface area (Å²) >= 11 is 6.22. The van der Waals surface area contributed by atoms with Gasteiger partial charge in [-0.15, -0.1) is 0 Å². The molecule has 21 heavy (non-hydrogen) atoms. The first-order valence-electron chi connectivity index (χ1n) is 6.78. The van der Waals surface area contributed by atoms with Crippen molar-refractivity contribution in [1.29, 1.82) is 0 Å². The molecule has 5 nitrogen and oxygen atoms in total. The minimum atomic E-state index is -0.163. The van der Waals surface area contributed by atoms with Gasteiger partial charge < -0.3 is 14.6 Å². The first-order chi connectivity index (χ1) is 10.2. The highest BCUT2D eigenvalue weighted by molar-refractivity contribution is 6.31. The Bertz CT molecular complexity index is 714. The summed E-state index contributed by atoms with van der Waals surface area (Å²) in [6.45, 7) is 1.79. The topological polar surface area (TPSA) is 58.2 Å². The van der Waals surface area contributed by atoms with Gasteiger partial charge in [0, 0.05) is 31.3 Å². The highest BCUT2D eigenvalue weighted by Gasteiger charge is 2.20. The third-order valence-corrected chi connectivity index (χ3v) is 3.95. The number of ether oxygens (including phenoxy) is 1. The van der Waals surface area contributed by atoms with Crippen LogP contribution in [0.4, 0.5) is 5.82 Å². The predicted octanol–water partition coefficient (Wildman–Crippen LogP) is 2.13. The molecule has 0 fully saturated rings. The lowest BCUT2D eigenvalue weighted by atomic mass is 10.00. The molecule has 0 saturated heterocycles. The number of rotatable bonds is 3. The second-order valence-electron chi connectivity index (χ2n) is 5.03. The molecule has 0 amide bonds. The van der Waals surface area contributed by atoms with Gasteiger partial charge in [0.2, 0.25) is 0 Å². The van der Waals surface area contributed by atoms with Crippen LogP contribution in [0.25, 0.3) is 0 Å². The molecule has 1 aromatic carbocycles. The van der Waals surface area contributed by atoms with Gasteiger partial charge in [-0.3, -0.25) is 4.79 Å². The number of halogens is 1. The Balaban J connectivity index is 1.91. The summed E-state index contributed by atoms with van der Waals surface area (Å²) in [6, 6.07) is 7.45. The fourth-order valence-corrected chi connectivity index (χ4v) is 2.91. The molecule has 2 heterocycles. The lowest BCUT2D eigenvalue weighted by molar-refractivity contribution is 0.177. The van der Waals surface area contributed by atoms with E-state index in [9.17, 15) is 4.79 Å². The van der Waals surface area contributed by atoms with Gasteiger partial charge in [0.05, 0.1) is 0 Å². The average molecular weight is 306 g/mol. The lowest BCUT2D eigenvalue weighted by Gasteiger charge is -2.30. The van der Waals surface area contributed by atoms with Crippen molar-refractivity contribution in [3.63, 3.8) is 0 Å². The van der Waals surface area contributed by atoms with E-state index in [-0.39, 0.29) is 5.56 Å². The van der Waals surface area contributed by atoms with E-state index < -0.39 is 0 Å². The van der Waals surface area contributed by atoms with Crippen molar-refractivity contribution >= 4 is 17.4 Å². The van der Waals surface area contributed by atoms with Gasteiger partial charge in [0.25, 0.3) is 5.56 Å². The van der Waals surface area contributed by atoms with Crippen LogP contribution in [0.2, 0.25) is 5.02 Å². The van der Waals surface area contributed by atoms with Gasteiger partial charge in [-0.05, 0) is 23.6 Å². The Labute approximate surface area is 127 Å². The number of anilines is 1. The lowest BCUT2D eigenvalue weighted by Crippen LogP contribution is -2.32. The van der Waals surface area contributed by atoms with Crippen LogP contribution < -0.4 is 10.5 Å². The van der Waals surface area contributed by atoms with Crippen LogP contribution in [-0.4, -0.2) is 23.6 Å². The third kappa shape index (κ3) is 2.94.